The smallest absolute Gasteiger partial charge is 0.271 e. The Morgan fingerprint density at radius 3 is 3.08 bits per heavy atom. The number of nitro groups is 1. The fourth-order valence-electron chi connectivity index (χ4n) is 0.964. The van der Waals surface area contributed by atoms with Gasteiger partial charge >= 0.3 is 0 Å². The highest BCUT2D eigenvalue weighted by Gasteiger charge is 2.07. The molecule has 0 bridgehead atoms. The van der Waals surface area contributed by atoms with Crippen LogP contribution in [0.1, 0.15) is 0 Å². The highest BCUT2D eigenvalue weighted by molar-refractivity contribution is 5.79. The minimum atomic E-state index is -0.464. The molecule has 0 aliphatic rings. The van der Waals surface area contributed by atoms with Crippen LogP contribution in [0.15, 0.2) is 29.0 Å². The quantitative estimate of drug-likeness (QED) is 0.475. The van der Waals surface area contributed by atoms with Crippen LogP contribution in [0.3, 0.4) is 0 Å². The van der Waals surface area contributed by atoms with Gasteiger partial charge in [-0.2, -0.15) is 0 Å². The number of hydrogen-bond acceptors (Lipinski definition) is 4. The molecule has 1 aromatic heterocycles. The first-order valence-electron chi connectivity index (χ1n) is 3.26. The molecule has 2 aromatic rings. The zero-order valence-electron chi connectivity index (χ0n) is 5.93. The molecule has 0 saturated carbocycles. The molecule has 1 heterocycles. The number of aromatic nitrogens is 1. The lowest BCUT2D eigenvalue weighted by atomic mass is 10.2. The Morgan fingerprint density at radius 2 is 2.33 bits per heavy atom. The van der Waals surface area contributed by atoms with E-state index in [2.05, 4.69) is 9.68 Å². The van der Waals surface area contributed by atoms with Crippen molar-refractivity contribution >= 4 is 16.6 Å². The fraction of sp³-hybridized carbons (Fsp3) is 0. The Kier molecular flexibility index (Phi) is 1.30. The van der Waals surface area contributed by atoms with Crippen LogP contribution in [0.4, 0.5) is 5.69 Å². The van der Waals surface area contributed by atoms with Crippen LogP contribution in [0.5, 0.6) is 0 Å². The second kappa shape index (κ2) is 2.30. The highest BCUT2D eigenvalue weighted by Crippen LogP contribution is 2.18. The molecule has 0 spiro atoms. The Morgan fingerprint density at radius 1 is 1.50 bits per heavy atom. The van der Waals surface area contributed by atoms with Crippen molar-refractivity contribution in [3.63, 3.8) is 0 Å². The lowest BCUT2D eigenvalue weighted by Crippen LogP contribution is -1.86. The Balaban J connectivity index is 2.68. The molecule has 0 aliphatic carbocycles. The summed E-state index contributed by atoms with van der Waals surface area (Å²) < 4.78 is 4.63. The number of non-ortho nitro benzene ring substituents is 1. The van der Waals surface area contributed by atoms with Gasteiger partial charge in [0.15, 0.2) is 0 Å². The largest absolute Gasteiger partial charge is 0.364 e. The van der Waals surface area contributed by atoms with Gasteiger partial charge in [-0.05, 0) is 6.07 Å². The molecule has 60 valence electrons. The van der Waals surface area contributed by atoms with Gasteiger partial charge in [-0.25, -0.2) is 0 Å². The lowest BCUT2D eigenvalue weighted by molar-refractivity contribution is -0.384. The van der Waals surface area contributed by atoms with Crippen molar-refractivity contribution in [1.29, 1.82) is 0 Å². The van der Waals surface area contributed by atoms with Gasteiger partial charge < -0.3 is 4.52 Å². The second-order valence-electron chi connectivity index (χ2n) is 2.31. The number of rotatable bonds is 1. The van der Waals surface area contributed by atoms with Gasteiger partial charge in [0, 0.05) is 17.5 Å². The predicted molar refractivity (Wildman–Crippen MR) is 40.7 cm³/mol. The molecule has 5 heteroatoms. The highest BCUT2D eigenvalue weighted by atomic mass is 16.6. The Hall–Kier alpha value is -1.91. The first-order valence-corrected chi connectivity index (χ1v) is 3.26. The summed E-state index contributed by atoms with van der Waals surface area (Å²) in [5.41, 5.74) is 0.528. The van der Waals surface area contributed by atoms with Crippen molar-refractivity contribution in [3.8, 4) is 0 Å². The van der Waals surface area contributed by atoms with Crippen molar-refractivity contribution in [2.75, 3.05) is 0 Å². The van der Waals surface area contributed by atoms with Gasteiger partial charge in [0.2, 0.25) is 0 Å². The van der Waals surface area contributed by atoms with Crippen LogP contribution in [-0.2, 0) is 0 Å². The zero-order valence-corrected chi connectivity index (χ0v) is 5.93. The predicted octanol–water partition coefficient (Wildman–Crippen LogP) is 1.74. The third-order valence-corrected chi connectivity index (χ3v) is 1.56. The topological polar surface area (TPSA) is 69.2 Å². The molecule has 0 aliphatic heterocycles. The van der Waals surface area contributed by atoms with E-state index in [0.29, 0.717) is 5.52 Å². The lowest BCUT2D eigenvalue weighted by Gasteiger charge is -1.88. The maximum absolute atomic E-state index is 10.3. The molecule has 0 atom stereocenters. The van der Waals surface area contributed by atoms with Crippen LogP contribution in [-0.4, -0.2) is 10.1 Å². The van der Waals surface area contributed by atoms with Crippen LogP contribution in [0.2, 0.25) is 0 Å². The molecule has 12 heavy (non-hydrogen) atoms. The average Bonchev–Trinajstić information content (AvgIpc) is 2.49. The van der Waals surface area contributed by atoms with Gasteiger partial charge in [-0.15, -0.1) is 0 Å². The monoisotopic (exact) mass is 164 g/mol. The van der Waals surface area contributed by atoms with Crippen molar-refractivity contribution in [2.45, 2.75) is 0 Å². The molecule has 5 nitrogen and oxygen atoms in total. The third kappa shape index (κ3) is 0.914. The molecule has 0 unspecified atom stereocenters. The summed E-state index contributed by atoms with van der Waals surface area (Å²) >= 11 is 0. The number of hydrogen-bond donors (Lipinski definition) is 0. The summed E-state index contributed by atoms with van der Waals surface area (Å²) in [4.78, 5) is 9.85. The summed E-state index contributed by atoms with van der Waals surface area (Å²) in [6.07, 6.45) is 1.44. The summed E-state index contributed by atoms with van der Waals surface area (Å²) in [6.45, 7) is 0. The molecular formula is C7H4N2O3. The molecule has 0 amide bonds. The second-order valence-corrected chi connectivity index (χ2v) is 2.31. The molecule has 0 fully saturated rings. The fourth-order valence-corrected chi connectivity index (χ4v) is 0.964. The van der Waals surface area contributed by atoms with Crippen molar-refractivity contribution in [1.82, 2.24) is 5.16 Å². The van der Waals surface area contributed by atoms with E-state index < -0.39 is 4.92 Å². The van der Waals surface area contributed by atoms with Crippen LogP contribution >= 0.6 is 0 Å². The number of fused-ring (bicyclic) bond motifs is 1. The molecule has 0 radical (unpaired) electrons. The summed E-state index contributed by atoms with van der Waals surface area (Å²) in [5.74, 6) is 0. The van der Waals surface area contributed by atoms with E-state index in [1.165, 1.54) is 18.4 Å². The first kappa shape index (κ1) is 6.78. The maximum Gasteiger partial charge on any atom is 0.271 e. The van der Waals surface area contributed by atoms with Gasteiger partial charge in [0.1, 0.15) is 11.8 Å². The maximum atomic E-state index is 10.3. The summed E-state index contributed by atoms with van der Waals surface area (Å²) in [6, 6.07) is 4.39. The van der Waals surface area contributed by atoms with E-state index in [4.69, 9.17) is 0 Å². The van der Waals surface area contributed by atoms with E-state index in [1.807, 2.05) is 0 Å². The minimum absolute atomic E-state index is 0.0244. The Bertz CT molecular complexity index is 435. The van der Waals surface area contributed by atoms with Gasteiger partial charge in [-0.3, -0.25) is 10.1 Å². The normalized spacial score (nSPS) is 10.3. The van der Waals surface area contributed by atoms with Crippen LogP contribution in [0, 0.1) is 10.1 Å². The minimum Gasteiger partial charge on any atom is -0.364 e. The summed E-state index contributed by atoms with van der Waals surface area (Å²) in [5, 5.41) is 14.7. The van der Waals surface area contributed by atoms with Crippen molar-refractivity contribution < 1.29 is 9.45 Å². The van der Waals surface area contributed by atoms with Crippen LogP contribution < -0.4 is 0 Å². The molecule has 2 rings (SSSR count). The van der Waals surface area contributed by atoms with E-state index >= 15 is 0 Å². The zero-order chi connectivity index (χ0) is 8.55. The number of nitrogens with zero attached hydrogens (tertiary/aromatic N) is 2. The van der Waals surface area contributed by atoms with Gasteiger partial charge in [-0.1, -0.05) is 5.16 Å². The summed E-state index contributed by atoms with van der Waals surface area (Å²) in [7, 11) is 0. The first-order chi connectivity index (χ1) is 5.77. The van der Waals surface area contributed by atoms with E-state index in [1.54, 1.807) is 6.07 Å². The molecule has 0 N–H and O–H groups in total. The van der Waals surface area contributed by atoms with Gasteiger partial charge in [0.25, 0.3) is 5.69 Å². The number of nitro benzene ring substituents is 1. The average molecular weight is 164 g/mol. The standard InChI is InChI=1S/C7H4N2O3/c10-9(11)6-2-1-5-4-12-8-7(5)3-6/h1-4H. The van der Waals surface area contributed by atoms with E-state index in [-0.39, 0.29) is 5.69 Å². The van der Waals surface area contributed by atoms with Crippen LogP contribution in [0.25, 0.3) is 10.9 Å². The number of benzene rings is 1. The molecule has 0 saturated heterocycles. The van der Waals surface area contributed by atoms with Gasteiger partial charge in [0.05, 0.1) is 4.92 Å². The van der Waals surface area contributed by atoms with Crippen molar-refractivity contribution in [3.05, 3.63) is 34.6 Å². The molecule has 1 aromatic carbocycles. The van der Waals surface area contributed by atoms with Crippen molar-refractivity contribution in [2.24, 2.45) is 0 Å². The molecular weight excluding hydrogens is 160 g/mol. The van der Waals surface area contributed by atoms with E-state index in [0.717, 1.165) is 5.39 Å². The Labute approximate surface area is 66.7 Å². The van der Waals surface area contributed by atoms with E-state index in [9.17, 15) is 10.1 Å². The third-order valence-electron chi connectivity index (χ3n) is 1.56. The SMILES string of the molecule is O=[N+]([O-])c1ccc2conc2c1.